The number of rotatable bonds is 9. The highest BCUT2D eigenvalue weighted by molar-refractivity contribution is 7.91. The van der Waals surface area contributed by atoms with Crippen LogP contribution in [-0.2, 0) is 31.1 Å². The summed E-state index contributed by atoms with van der Waals surface area (Å²) in [5, 5.41) is 0. The Morgan fingerprint density at radius 3 is 2.38 bits per heavy atom. The van der Waals surface area contributed by atoms with Crippen molar-refractivity contribution in [3.8, 4) is 5.75 Å². The maximum Gasteiger partial charge on any atom is 0.331 e. The molecule has 0 saturated carbocycles. The highest BCUT2D eigenvalue weighted by atomic mass is 32.2. The fourth-order valence-corrected chi connectivity index (χ4v) is 6.21. The van der Waals surface area contributed by atoms with E-state index >= 15 is 0 Å². The molecule has 37 heavy (non-hydrogen) atoms. The molecule has 200 valence electrons. The van der Waals surface area contributed by atoms with E-state index in [1.807, 2.05) is 30.3 Å². The molecule has 3 rings (SSSR count). The predicted octanol–water partition coefficient (Wildman–Crippen LogP) is 4.85. The number of carbonyl (C=O) groups is 2. The van der Waals surface area contributed by atoms with Crippen LogP contribution in [0.3, 0.4) is 0 Å². The molecular weight excluding hydrogens is 508 g/mol. The number of nitrogens with zero attached hydrogens (tertiary/aromatic N) is 2. The molecule has 1 heterocycles. The molecule has 10 heteroatoms. The Labute approximate surface area is 221 Å². The smallest absolute Gasteiger partial charge is 0.331 e. The number of anilines is 1. The van der Waals surface area contributed by atoms with E-state index in [0.29, 0.717) is 17.4 Å². The minimum atomic E-state index is -4.05. The van der Waals surface area contributed by atoms with Crippen LogP contribution in [0.25, 0.3) is 6.08 Å². The Kier molecular flexibility index (Phi) is 8.54. The largest absolute Gasteiger partial charge is 0.487 e. The van der Waals surface area contributed by atoms with Crippen LogP contribution in [0, 0.1) is 0 Å². The minimum absolute atomic E-state index is 0.171. The third-order valence-electron chi connectivity index (χ3n) is 5.49. The fraction of sp³-hybridized carbons (Fsp3) is 0.407. The van der Waals surface area contributed by atoms with Gasteiger partial charge in [0.1, 0.15) is 24.5 Å². The van der Waals surface area contributed by atoms with Gasteiger partial charge < -0.3 is 9.47 Å². The number of amides is 1. The Bertz CT molecular complexity index is 1260. The average molecular weight is 545 g/mol. The molecule has 0 aliphatic carbocycles. The van der Waals surface area contributed by atoms with Gasteiger partial charge in [0, 0.05) is 20.7 Å². The van der Waals surface area contributed by atoms with Crippen molar-refractivity contribution in [1.82, 2.24) is 4.31 Å². The summed E-state index contributed by atoms with van der Waals surface area (Å²) < 4.78 is 40.2. The van der Waals surface area contributed by atoms with Crippen LogP contribution in [0.1, 0.15) is 31.9 Å². The van der Waals surface area contributed by atoms with Gasteiger partial charge in [-0.3, -0.25) is 4.79 Å². The molecular formula is C27H36N2O6SSi. The summed E-state index contributed by atoms with van der Waals surface area (Å²) in [7, 11) is -5.62. The van der Waals surface area contributed by atoms with E-state index in [4.69, 9.17) is 9.47 Å². The molecule has 1 aliphatic heterocycles. The number of hydrogen-bond acceptors (Lipinski definition) is 6. The number of esters is 1. The molecule has 2 aromatic carbocycles. The van der Waals surface area contributed by atoms with Gasteiger partial charge in [-0.1, -0.05) is 56.0 Å². The summed E-state index contributed by atoms with van der Waals surface area (Å²) in [6.45, 7) is 11.8. The molecule has 0 unspecified atom stereocenters. The van der Waals surface area contributed by atoms with E-state index in [0.717, 1.165) is 14.2 Å². The molecule has 2 aromatic rings. The van der Waals surface area contributed by atoms with Crippen molar-refractivity contribution in [2.24, 2.45) is 0 Å². The van der Waals surface area contributed by atoms with Crippen LogP contribution in [0.4, 0.5) is 5.69 Å². The first-order valence-corrected chi connectivity index (χ1v) is 17.3. The Balaban J connectivity index is 1.92. The monoisotopic (exact) mass is 544 g/mol. The zero-order chi connectivity index (χ0) is 27.4. The first kappa shape index (κ1) is 28.5. The molecule has 0 spiro atoms. The molecule has 1 aliphatic rings. The molecule has 8 nitrogen and oxygen atoms in total. The van der Waals surface area contributed by atoms with Crippen molar-refractivity contribution in [2.45, 2.75) is 58.7 Å². The standard InChI is InChI=1S/C27H36N2O6SSi/c1-27(2,3)35-26(31)15-13-21-12-14-23(24(18-21)34-20-22-10-8-7-9-11-22)29-19-25(30)28(36(29,32)33)16-17-37(4,5)6/h7-15,18H,16-17,19-20H2,1-6H3. The van der Waals surface area contributed by atoms with E-state index in [9.17, 15) is 18.0 Å². The van der Waals surface area contributed by atoms with E-state index in [1.54, 1.807) is 45.0 Å². The van der Waals surface area contributed by atoms with Crippen LogP contribution in [0.5, 0.6) is 5.75 Å². The molecule has 0 aromatic heterocycles. The second kappa shape index (κ2) is 11.1. The summed E-state index contributed by atoms with van der Waals surface area (Å²) in [6.07, 6.45) is 2.90. The van der Waals surface area contributed by atoms with Crippen LogP contribution in [-0.4, -0.2) is 51.4 Å². The maximum absolute atomic E-state index is 13.4. The zero-order valence-corrected chi connectivity index (χ0v) is 24.2. The molecule has 1 amide bonds. The van der Waals surface area contributed by atoms with Gasteiger partial charge >= 0.3 is 16.2 Å². The van der Waals surface area contributed by atoms with Crippen molar-refractivity contribution in [3.63, 3.8) is 0 Å². The maximum atomic E-state index is 13.4. The molecule has 1 saturated heterocycles. The van der Waals surface area contributed by atoms with Gasteiger partial charge in [0.15, 0.2) is 0 Å². The van der Waals surface area contributed by atoms with Crippen LogP contribution >= 0.6 is 0 Å². The summed E-state index contributed by atoms with van der Waals surface area (Å²) in [5.74, 6) is -0.658. The Hall–Kier alpha value is -3.11. The minimum Gasteiger partial charge on any atom is -0.487 e. The van der Waals surface area contributed by atoms with Crippen molar-refractivity contribution in [2.75, 3.05) is 17.4 Å². The second-order valence-corrected chi connectivity index (χ2v) is 18.6. The lowest BCUT2D eigenvalue weighted by Crippen LogP contribution is -2.37. The topological polar surface area (TPSA) is 93.2 Å². The lowest BCUT2D eigenvalue weighted by atomic mass is 10.1. The quantitative estimate of drug-likeness (QED) is 0.255. The summed E-state index contributed by atoms with van der Waals surface area (Å²) in [4.78, 5) is 24.9. The summed E-state index contributed by atoms with van der Waals surface area (Å²) >= 11 is 0. The second-order valence-electron chi connectivity index (χ2n) is 11.2. The summed E-state index contributed by atoms with van der Waals surface area (Å²) in [6, 6.07) is 15.1. The summed E-state index contributed by atoms with van der Waals surface area (Å²) in [5.41, 5.74) is 1.18. The van der Waals surface area contributed by atoms with Crippen LogP contribution in [0.2, 0.25) is 25.7 Å². The highest BCUT2D eigenvalue weighted by Gasteiger charge is 2.43. The Morgan fingerprint density at radius 1 is 1.08 bits per heavy atom. The SMILES string of the molecule is CC(C)(C)OC(=O)C=Cc1ccc(N2CC(=O)N(CC[Si](C)(C)C)S2(=O)=O)c(OCc2ccccc2)c1. The van der Waals surface area contributed by atoms with Gasteiger partial charge in [0.2, 0.25) is 0 Å². The number of carbonyl (C=O) groups excluding carboxylic acids is 2. The zero-order valence-electron chi connectivity index (χ0n) is 22.4. The van der Waals surface area contributed by atoms with Crippen molar-refractivity contribution < 1.29 is 27.5 Å². The van der Waals surface area contributed by atoms with Gasteiger partial charge in [0.25, 0.3) is 5.91 Å². The van der Waals surface area contributed by atoms with Gasteiger partial charge in [-0.2, -0.15) is 8.42 Å². The van der Waals surface area contributed by atoms with E-state index in [1.165, 1.54) is 6.08 Å². The third kappa shape index (κ3) is 7.93. The molecule has 0 bridgehead atoms. The van der Waals surface area contributed by atoms with Gasteiger partial charge in [0.05, 0.1) is 5.69 Å². The van der Waals surface area contributed by atoms with Gasteiger partial charge in [-0.25, -0.2) is 13.4 Å². The van der Waals surface area contributed by atoms with E-state index < -0.39 is 35.8 Å². The van der Waals surface area contributed by atoms with Gasteiger partial charge in [-0.05, 0) is 56.2 Å². The van der Waals surface area contributed by atoms with Crippen LogP contribution in [0.15, 0.2) is 54.6 Å². The van der Waals surface area contributed by atoms with Crippen molar-refractivity contribution in [3.05, 3.63) is 65.7 Å². The number of ether oxygens (including phenoxy) is 2. The lowest BCUT2D eigenvalue weighted by molar-refractivity contribution is -0.148. The normalized spacial score (nSPS) is 15.9. The highest BCUT2D eigenvalue weighted by Crippen LogP contribution is 2.36. The number of benzene rings is 2. The van der Waals surface area contributed by atoms with E-state index in [2.05, 4.69) is 19.6 Å². The number of hydrogen-bond donors (Lipinski definition) is 0. The predicted molar refractivity (Wildman–Crippen MR) is 148 cm³/mol. The molecule has 0 N–H and O–H groups in total. The molecule has 0 atom stereocenters. The third-order valence-corrected chi connectivity index (χ3v) is 9.04. The molecule has 0 radical (unpaired) electrons. The van der Waals surface area contributed by atoms with Crippen LogP contribution < -0.4 is 9.04 Å². The Morgan fingerprint density at radius 2 is 1.76 bits per heavy atom. The van der Waals surface area contributed by atoms with Gasteiger partial charge in [-0.15, -0.1) is 0 Å². The van der Waals surface area contributed by atoms with Crippen molar-refractivity contribution >= 4 is 41.9 Å². The first-order valence-electron chi connectivity index (χ1n) is 12.2. The van der Waals surface area contributed by atoms with Crippen molar-refractivity contribution in [1.29, 1.82) is 0 Å². The fourth-order valence-electron chi connectivity index (χ4n) is 3.61. The average Bonchev–Trinajstić information content (AvgIpc) is 3.01. The lowest BCUT2D eigenvalue weighted by Gasteiger charge is -2.24. The molecule has 1 fully saturated rings. The van der Waals surface area contributed by atoms with E-state index in [-0.39, 0.29) is 25.4 Å². The first-order chi connectivity index (χ1) is 17.2.